The first kappa shape index (κ1) is 12.7. The molecule has 0 aliphatic carbocycles. The number of Topliss-reactive ketones (excluding diaryl/α,β-unsaturated/α-hetero) is 1. The standard InChI is InChI=1S/C15H14O5/c1-7-8(2)19-11-6-10(18-3)9-4-5-12(16)20-15(9)13(11)14(7)17/h4-8H,1-3H3/t7-,8+/m1/s1. The number of hydrogen-bond donors (Lipinski definition) is 0. The van der Waals surface area contributed by atoms with Gasteiger partial charge in [0.15, 0.2) is 11.4 Å². The van der Waals surface area contributed by atoms with Crippen LogP contribution < -0.4 is 15.1 Å². The zero-order valence-corrected chi connectivity index (χ0v) is 11.4. The molecule has 0 bridgehead atoms. The molecule has 20 heavy (non-hydrogen) atoms. The van der Waals surface area contributed by atoms with Gasteiger partial charge in [0.2, 0.25) is 0 Å². The van der Waals surface area contributed by atoms with Gasteiger partial charge in [0.25, 0.3) is 0 Å². The molecule has 0 saturated heterocycles. The van der Waals surface area contributed by atoms with Gasteiger partial charge in [-0.25, -0.2) is 4.79 Å². The van der Waals surface area contributed by atoms with E-state index >= 15 is 0 Å². The first-order valence-electron chi connectivity index (χ1n) is 6.38. The van der Waals surface area contributed by atoms with Gasteiger partial charge >= 0.3 is 5.63 Å². The fraction of sp³-hybridized carbons (Fsp3) is 0.333. The average molecular weight is 274 g/mol. The highest BCUT2D eigenvalue weighted by atomic mass is 16.5. The molecular formula is C15H14O5. The number of methoxy groups -OCH3 is 1. The van der Waals surface area contributed by atoms with Gasteiger partial charge in [-0.05, 0) is 13.0 Å². The van der Waals surface area contributed by atoms with E-state index in [0.717, 1.165) is 0 Å². The zero-order valence-electron chi connectivity index (χ0n) is 11.4. The van der Waals surface area contributed by atoms with Crippen molar-refractivity contribution in [2.75, 3.05) is 7.11 Å². The lowest BCUT2D eigenvalue weighted by molar-refractivity contribution is 0.0731. The normalized spacial score (nSPS) is 21.4. The van der Waals surface area contributed by atoms with Crippen LogP contribution in [0.4, 0.5) is 0 Å². The van der Waals surface area contributed by atoms with Crippen molar-refractivity contribution in [1.29, 1.82) is 0 Å². The second kappa shape index (κ2) is 4.37. The van der Waals surface area contributed by atoms with Crippen LogP contribution in [0.5, 0.6) is 11.5 Å². The van der Waals surface area contributed by atoms with E-state index in [9.17, 15) is 9.59 Å². The Morgan fingerprint density at radius 3 is 2.65 bits per heavy atom. The zero-order chi connectivity index (χ0) is 14.4. The molecule has 0 N–H and O–H groups in total. The number of benzene rings is 1. The van der Waals surface area contributed by atoms with E-state index in [2.05, 4.69) is 0 Å². The molecule has 2 aromatic rings. The van der Waals surface area contributed by atoms with Crippen LogP contribution in [0.25, 0.3) is 11.0 Å². The summed E-state index contributed by atoms with van der Waals surface area (Å²) in [4.78, 5) is 23.9. The van der Waals surface area contributed by atoms with Crippen molar-refractivity contribution in [2.45, 2.75) is 20.0 Å². The Morgan fingerprint density at radius 2 is 1.95 bits per heavy atom. The number of fused-ring (bicyclic) bond motifs is 3. The Morgan fingerprint density at radius 1 is 1.20 bits per heavy atom. The molecule has 2 atom stereocenters. The molecule has 0 amide bonds. The highest BCUT2D eigenvalue weighted by Crippen LogP contribution is 2.40. The van der Waals surface area contributed by atoms with Crippen molar-refractivity contribution >= 4 is 16.8 Å². The maximum Gasteiger partial charge on any atom is 0.336 e. The molecule has 0 unspecified atom stereocenters. The Bertz CT molecular complexity index is 759. The van der Waals surface area contributed by atoms with E-state index in [1.807, 2.05) is 6.92 Å². The predicted molar refractivity (Wildman–Crippen MR) is 72.6 cm³/mol. The van der Waals surface area contributed by atoms with E-state index in [0.29, 0.717) is 22.4 Å². The van der Waals surface area contributed by atoms with Crippen LogP contribution in [-0.4, -0.2) is 19.0 Å². The third-order valence-electron chi connectivity index (χ3n) is 3.73. The quantitative estimate of drug-likeness (QED) is 0.747. The second-order valence-electron chi connectivity index (χ2n) is 4.93. The van der Waals surface area contributed by atoms with Crippen molar-refractivity contribution in [1.82, 2.24) is 0 Å². The Balaban J connectivity index is 2.42. The Hall–Kier alpha value is -2.30. The molecule has 0 spiro atoms. The van der Waals surface area contributed by atoms with Crippen LogP contribution in [0.3, 0.4) is 0 Å². The monoisotopic (exact) mass is 274 g/mol. The topological polar surface area (TPSA) is 65.7 Å². The van der Waals surface area contributed by atoms with Gasteiger partial charge in [0.05, 0.1) is 18.4 Å². The molecule has 5 heteroatoms. The summed E-state index contributed by atoms with van der Waals surface area (Å²) in [6.45, 7) is 3.64. The molecule has 3 rings (SSSR count). The van der Waals surface area contributed by atoms with Gasteiger partial charge in [-0.15, -0.1) is 0 Å². The summed E-state index contributed by atoms with van der Waals surface area (Å²) < 4.78 is 16.2. The largest absolute Gasteiger partial charge is 0.496 e. The number of ether oxygens (including phenoxy) is 2. The highest BCUT2D eigenvalue weighted by molar-refractivity contribution is 6.11. The lowest BCUT2D eigenvalue weighted by atomic mass is 9.90. The third-order valence-corrected chi connectivity index (χ3v) is 3.73. The van der Waals surface area contributed by atoms with Crippen molar-refractivity contribution in [3.05, 3.63) is 34.2 Å². The van der Waals surface area contributed by atoms with Gasteiger partial charge < -0.3 is 13.9 Å². The van der Waals surface area contributed by atoms with Crippen LogP contribution in [0.15, 0.2) is 27.4 Å². The summed E-state index contributed by atoms with van der Waals surface area (Å²) >= 11 is 0. The second-order valence-corrected chi connectivity index (χ2v) is 4.93. The lowest BCUT2D eigenvalue weighted by Crippen LogP contribution is -2.33. The molecule has 1 aromatic heterocycles. The summed E-state index contributed by atoms with van der Waals surface area (Å²) in [5.41, 5.74) is 0.0479. The number of rotatable bonds is 1. The van der Waals surface area contributed by atoms with Gasteiger partial charge in [-0.1, -0.05) is 6.92 Å². The summed E-state index contributed by atoms with van der Waals surface area (Å²) in [6.07, 6.45) is -0.229. The minimum atomic E-state index is -0.507. The highest BCUT2D eigenvalue weighted by Gasteiger charge is 2.34. The smallest absolute Gasteiger partial charge is 0.336 e. The first-order chi connectivity index (χ1) is 9.52. The van der Waals surface area contributed by atoms with Gasteiger partial charge in [-0.3, -0.25) is 4.79 Å². The molecule has 2 heterocycles. The Kier molecular flexibility index (Phi) is 2.78. The predicted octanol–water partition coefficient (Wildman–Crippen LogP) is 2.40. The van der Waals surface area contributed by atoms with Crippen molar-refractivity contribution in [3.63, 3.8) is 0 Å². The third kappa shape index (κ3) is 1.70. The van der Waals surface area contributed by atoms with Crippen LogP contribution in [0.2, 0.25) is 0 Å². The number of carbonyl (C=O) groups excluding carboxylic acids is 1. The first-order valence-corrected chi connectivity index (χ1v) is 6.38. The van der Waals surface area contributed by atoms with Crippen LogP contribution >= 0.6 is 0 Å². The Labute approximate surface area is 115 Å². The minimum absolute atomic E-state index is 0.0826. The van der Waals surface area contributed by atoms with E-state index < -0.39 is 5.63 Å². The average Bonchev–Trinajstić information content (AvgIpc) is 2.43. The maximum atomic E-state index is 12.5. The number of hydrogen-bond acceptors (Lipinski definition) is 5. The fourth-order valence-corrected chi connectivity index (χ4v) is 2.42. The molecule has 104 valence electrons. The van der Waals surface area contributed by atoms with E-state index in [1.165, 1.54) is 13.2 Å². The molecule has 1 aromatic carbocycles. The van der Waals surface area contributed by atoms with Crippen molar-refractivity contribution in [2.24, 2.45) is 5.92 Å². The molecule has 0 fully saturated rings. The summed E-state index contributed by atoms with van der Waals surface area (Å²) in [5.74, 6) is 0.543. The van der Waals surface area contributed by atoms with Crippen LogP contribution in [0.1, 0.15) is 24.2 Å². The van der Waals surface area contributed by atoms with Crippen LogP contribution in [0, 0.1) is 5.92 Å². The van der Waals surface area contributed by atoms with Crippen LogP contribution in [-0.2, 0) is 0 Å². The minimum Gasteiger partial charge on any atom is -0.496 e. The summed E-state index contributed by atoms with van der Waals surface area (Å²) in [5, 5.41) is 0.588. The summed E-state index contributed by atoms with van der Waals surface area (Å²) in [6, 6.07) is 4.56. The fourth-order valence-electron chi connectivity index (χ4n) is 2.42. The van der Waals surface area contributed by atoms with Crippen molar-refractivity contribution < 1.29 is 18.7 Å². The van der Waals surface area contributed by atoms with E-state index in [4.69, 9.17) is 13.9 Å². The number of ketones is 1. The van der Waals surface area contributed by atoms with Crippen molar-refractivity contribution in [3.8, 4) is 11.5 Å². The lowest BCUT2D eigenvalue weighted by Gasteiger charge is -2.28. The van der Waals surface area contributed by atoms with Gasteiger partial charge in [0.1, 0.15) is 23.2 Å². The molecule has 5 nitrogen and oxygen atoms in total. The SMILES string of the molecule is COc1cc2c(c3oc(=O)ccc13)C(=O)[C@H](C)[C@H](C)O2. The summed E-state index contributed by atoms with van der Waals surface area (Å²) in [7, 11) is 1.52. The maximum absolute atomic E-state index is 12.5. The molecule has 0 saturated carbocycles. The molecule has 1 aliphatic rings. The van der Waals surface area contributed by atoms with E-state index in [-0.39, 0.29) is 23.4 Å². The van der Waals surface area contributed by atoms with Gasteiger partial charge in [0, 0.05) is 12.1 Å². The molecular weight excluding hydrogens is 260 g/mol. The molecule has 1 aliphatic heterocycles. The molecule has 0 radical (unpaired) electrons. The number of carbonyl (C=O) groups is 1. The van der Waals surface area contributed by atoms with E-state index in [1.54, 1.807) is 19.1 Å². The van der Waals surface area contributed by atoms with Gasteiger partial charge in [-0.2, -0.15) is 0 Å².